The molecule has 0 spiro atoms. The second kappa shape index (κ2) is 1.98. The minimum Gasteiger partial charge on any atom is -0.195 e. The van der Waals surface area contributed by atoms with E-state index in [1.165, 1.54) is 4.58 Å². The summed E-state index contributed by atoms with van der Waals surface area (Å²) < 4.78 is 44.1. The number of hydrogen-bond acceptors (Lipinski definition) is 3. The fourth-order valence-electron chi connectivity index (χ4n) is 0.0654. The topological polar surface area (TPSA) is 63.6 Å². The zero-order chi connectivity index (χ0) is 7.71. The van der Waals surface area contributed by atoms with Crippen LogP contribution in [0.5, 0.6) is 0 Å². The number of alkyl halides is 2. The molecule has 0 aromatic rings. The summed E-state index contributed by atoms with van der Waals surface area (Å²) in [5.74, 6) is 0. The molecule has 54 valence electrons. The van der Waals surface area contributed by atoms with Crippen LogP contribution in [0.2, 0.25) is 0 Å². The van der Waals surface area contributed by atoms with Crippen LogP contribution in [0.25, 0.3) is 0 Å². The molecule has 0 saturated heterocycles. The quantitative estimate of drug-likeness (QED) is 0.557. The van der Waals surface area contributed by atoms with Crippen molar-refractivity contribution in [1.82, 2.24) is 0 Å². The molecule has 0 aliphatic carbocycles. The van der Waals surface area contributed by atoms with Crippen LogP contribution in [0.4, 0.5) is 8.78 Å². The Kier molecular flexibility index (Phi) is 1.85. The van der Waals surface area contributed by atoms with Crippen LogP contribution in [0.15, 0.2) is 4.58 Å². The highest BCUT2D eigenvalue weighted by Crippen LogP contribution is 2.21. The average Bonchev–Trinajstić information content (AvgIpc) is 1.64. The molecule has 9 heavy (non-hydrogen) atoms. The van der Waals surface area contributed by atoms with Gasteiger partial charge in [0.15, 0.2) is 0 Å². The largest absolute Gasteiger partial charge is 0.366 e. The van der Waals surface area contributed by atoms with Gasteiger partial charge in [-0.25, -0.2) is 0 Å². The first-order chi connectivity index (χ1) is 3.81. The molecule has 0 aromatic heterocycles. The van der Waals surface area contributed by atoms with Crippen LogP contribution in [0.3, 0.4) is 0 Å². The van der Waals surface area contributed by atoms with Crippen molar-refractivity contribution in [3.63, 3.8) is 0 Å². The van der Waals surface area contributed by atoms with Crippen LogP contribution >= 0.6 is 0 Å². The van der Waals surface area contributed by atoms with Gasteiger partial charge in [0.1, 0.15) is 0 Å². The molecule has 4 nitrogen and oxygen atoms in total. The lowest BCUT2D eigenvalue weighted by Gasteiger charge is -2.01. The molecule has 0 atom stereocenters. The molecule has 0 N–H and O–H groups in total. The van der Waals surface area contributed by atoms with Crippen LogP contribution in [0, 0.1) is 4.91 Å². The summed E-state index contributed by atoms with van der Waals surface area (Å²) in [6.45, 7) is 0.0870. The number of halogens is 2. The summed E-state index contributed by atoms with van der Waals surface area (Å²) in [6.07, 6.45) is 0. The van der Waals surface area contributed by atoms with E-state index in [0.29, 0.717) is 0 Å². The standard InChI is InChI=1S/C2H3F2NO3S/c1-2(3,4)9(7,8)5-6/h1H3. The summed E-state index contributed by atoms with van der Waals surface area (Å²) in [5, 5.41) is -4.06. The van der Waals surface area contributed by atoms with Crippen molar-refractivity contribution in [2.24, 2.45) is 4.58 Å². The molecule has 0 aliphatic rings. The maximum atomic E-state index is 11.6. The smallest absolute Gasteiger partial charge is 0.195 e. The van der Waals surface area contributed by atoms with Gasteiger partial charge in [-0.05, 0) is 0 Å². The molecule has 0 amide bonds. The molecule has 0 rings (SSSR count). The molecule has 0 aliphatic heterocycles. The van der Waals surface area contributed by atoms with Gasteiger partial charge in [0.05, 0.1) is 4.58 Å². The van der Waals surface area contributed by atoms with Crippen molar-refractivity contribution >= 4 is 10.0 Å². The van der Waals surface area contributed by atoms with Gasteiger partial charge in [-0.1, -0.05) is 0 Å². The van der Waals surface area contributed by atoms with Gasteiger partial charge in [0.25, 0.3) is 0 Å². The molecule has 0 radical (unpaired) electrons. The third kappa shape index (κ3) is 1.67. The Morgan fingerprint density at radius 2 is 1.78 bits per heavy atom. The summed E-state index contributed by atoms with van der Waals surface area (Å²) >= 11 is 0. The zero-order valence-corrected chi connectivity index (χ0v) is 5.15. The Hall–Kier alpha value is -0.590. The monoisotopic (exact) mass is 159 g/mol. The highest BCUT2D eigenvalue weighted by Gasteiger charge is 2.40. The van der Waals surface area contributed by atoms with Crippen LogP contribution in [0.1, 0.15) is 6.92 Å². The number of nitrogens with zero attached hydrogens (tertiary/aromatic N) is 1. The molecule has 0 bridgehead atoms. The number of nitroso groups, excluding NO2 is 1. The van der Waals surface area contributed by atoms with Crippen molar-refractivity contribution in [3.8, 4) is 0 Å². The van der Waals surface area contributed by atoms with E-state index in [-0.39, 0.29) is 6.92 Å². The molecular weight excluding hydrogens is 156 g/mol. The molecular formula is C2H3F2NO3S. The fourth-order valence-corrected chi connectivity index (χ4v) is 0.196. The number of hydrogen-bond donors (Lipinski definition) is 0. The van der Waals surface area contributed by atoms with Crippen molar-refractivity contribution in [3.05, 3.63) is 4.91 Å². The third-order valence-corrected chi connectivity index (χ3v) is 1.65. The normalized spacial score (nSPS) is 13.2. The van der Waals surface area contributed by atoms with Gasteiger partial charge < -0.3 is 0 Å². The first-order valence-corrected chi connectivity index (χ1v) is 3.22. The Morgan fingerprint density at radius 3 is 1.78 bits per heavy atom. The molecule has 0 unspecified atom stereocenters. The second-order valence-corrected chi connectivity index (χ2v) is 3.17. The first-order valence-electron chi connectivity index (χ1n) is 1.78. The SMILES string of the molecule is CC(F)(F)S(=O)(=O)N=O. The van der Waals surface area contributed by atoms with Gasteiger partial charge in [-0.3, -0.25) is 0 Å². The Bertz CT molecular complexity index is 202. The van der Waals surface area contributed by atoms with Crippen LogP contribution in [-0.2, 0) is 10.0 Å². The minimum atomic E-state index is -5.10. The van der Waals surface area contributed by atoms with Gasteiger partial charge in [0, 0.05) is 6.92 Å². The first kappa shape index (κ1) is 8.41. The number of sulfonamides is 1. The molecule has 0 saturated carbocycles. The van der Waals surface area contributed by atoms with E-state index in [0.717, 1.165) is 0 Å². The van der Waals surface area contributed by atoms with E-state index < -0.39 is 15.3 Å². The Morgan fingerprint density at radius 1 is 1.44 bits per heavy atom. The second-order valence-electron chi connectivity index (χ2n) is 1.36. The summed E-state index contributed by atoms with van der Waals surface area (Å²) in [7, 11) is -5.10. The van der Waals surface area contributed by atoms with Crippen LogP contribution < -0.4 is 0 Å². The Balaban J connectivity index is 4.79. The van der Waals surface area contributed by atoms with E-state index in [9.17, 15) is 17.2 Å². The minimum absolute atomic E-state index is 0.0870. The molecule has 7 heteroatoms. The maximum Gasteiger partial charge on any atom is 0.366 e. The van der Waals surface area contributed by atoms with E-state index in [1.54, 1.807) is 0 Å². The van der Waals surface area contributed by atoms with Gasteiger partial charge >= 0.3 is 15.3 Å². The van der Waals surface area contributed by atoms with E-state index in [1.807, 2.05) is 0 Å². The molecule has 0 heterocycles. The van der Waals surface area contributed by atoms with Crippen molar-refractivity contribution in [1.29, 1.82) is 0 Å². The third-order valence-electron chi connectivity index (χ3n) is 0.551. The fraction of sp³-hybridized carbons (Fsp3) is 1.00. The maximum absolute atomic E-state index is 11.6. The van der Waals surface area contributed by atoms with Crippen molar-refractivity contribution in [2.75, 3.05) is 0 Å². The predicted molar refractivity (Wildman–Crippen MR) is 25.3 cm³/mol. The van der Waals surface area contributed by atoms with E-state index in [2.05, 4.69) is 0 Å². The van der Waals surface area contributed by atoms with Gasteiger partial charge in [0.2, 0.25) is 0 Å². The summed E-state index contributed by atoms with van der Waals surface area (Å²) in [5.41, 5.74) is 0. The molecule has 0 aromatic carbocycles. The summed E-state index contributed by atoms with van der Waals surface area (Å²) in [4.78, 5) is 9.16. The summed E-state index contributed by atoms with van der Waals surface area (Å²) in [6, 6.07) is 0. The predicted octanol–water partition coefficient (Wildman–Crippen LogP) is 0.695. The van der Waals surface area contributed by atoms with E-state index in [4.69, 9.17) is 4.91 Å². The highest BCUT2D eigenvalue weighted by molar-refractivity contribution is 7.91. The number of rotatable bonds is 2. The van der Waals surface area contributed by atoms with Crippen LogP contribution in [-0.4, -0.2) is 13.7 Å². The van der Waals surface area contributed by atoms with Gasteiger partial charge in [-0.15, -0.1) is 4.91 Å². The van der Waals surface area contributed by atoms with Crippen molar-refractivity contribution < 1.29 is 17.2 Å². The zero-order valence-electron chi connectivity index (χ0n) is 4.34. The van der Waals surface area contributed by atoms with Gasteiger partial charge in [-0.2, -0.15) is 17.2 Å². The molecule has 0 fully saturated rings. The average molecular weight is 159 g/mol. The Labute approximate surface area is 49.9 Å². The van der Waals surface area contributed by atoms with E-state index >= 15 is 0 Å². The van der Waals surface area contributed by atoms with Crippen molar-refractivity contribution in [2.45, 2.75) is 12.2 Å². The lowest BCUT2D eigenvalue weighted by molar-refractivity contribution is 0.114. The lowest BCUT2D eigenvalue weighted by atomic mass is 10.9. The highest BCUT2D eigenvalue weighted by atomic mass is 32.2. The lowest BCUT2D eigenvalue weighted by Crippen LogP contribution is -2.21.